The molecule has 0 N–H and O–H groups in total. The Morgan fingerprint density at radius 1 is 0.975 bits per heavy atom. The van der Waals surface area contributed by atoms with Crippen molar-refractivity contribution in [3.8, 4) is 0 Å². The molecule has 204 valence electrons. The summed E-state index contributed by atoms with van der Waals surface area (Å²) >= 11 is 0. The lowest BCUT2D eigenvalue weighted by Gasteiger charge is -2.30. The maximum absolute atomic E-state index is 13.5. The van der Waals surface area contributed by atoms with E-state index in [0.29, 0.717) is 30.1 Å². The highest BCUT2D eigenvalue weighted by Crippen LogP contribution is 2.32. The van der Waals surface area contributed by atoms with Crippen molar-refractivity contribution >= 4 is 39.3 Å². The molecule has 5 rings (SSSR count). The molecule has 0 unspecified atom stereocenters. The van der Waals surface area contributed by atoms with E-state index in [-0.39, 0.29) is 5.78 Å². The van der Waals surface area contributed by atoms with Crippen LogP contribution in [-0.2, 0) is 20.9 Å². The van der Waals surface area contributed by atoms with E-state index in [1.807, 2.05) is 61.5 Å². The van der Waals surface area contributed by atoms with Crippen LogP contribution in [0.4, 0.5) is 0 Å². The number of rotatable bonds is 8. The van der Waals surface area contributed by atoms with Gasteiger partial charge in [-0.25, -0.2) is 4.79 Å². The Morgan fingerprint density at radius 2 is 1.62 bits per heavy atom. The standard InChI is InChI=1S/C33H33N3O4/c1-5-27(35-16-18-39-19-17-35)14-15-36-31-12-10-25(23(3)34-40-24(4)37)20-29(31)30-21-26(11-13-32(30)36)33(38)28-9-7-6-8-22(28)2/h6-13,20-21H,1,14-19H2,2-4H3/b34-23-. The van der Waals surface area contributed by atoms with Crippen LogP contribution in [0, 0.1) is 6.92 Å². The molecule has 1 fully saturated rings. The zero-order valence-electron chi connectivity index (χ0n) is 23.2. The predicted octanol–water partition coefficient (Wildman–Crippen LogP) is 6.01. The lowest BCUT2D eigenvalue weighted by Crippen LogP contribution is -2.35. The number of oxime groups is 1. The normalized spacial score (nSPS) is 13.9. The minimum atomic E-state index is -0.470. The molecule has 0 radical (unpaired) electrons. The number of carbonyl (C=O) groups excluding carboxylic acids is 2. The van der Waals surface area contributed by atoms with Crippen molar-refractivity contribution < 1.29 is 19.2 Å². The Morgan fingerprint density at radius 3 is 2.27 bits per heavy atom. The van der Waals surface area contributed by atoms with E-state index in [1.165, 1.54) is 6.92 Å². The number of ether oxygens (including phenoxy) is 1. The molecule has 0 amide bonds. The molecule has 3 aromatic carbocycles. The summed E-state index contributed by atoms with van der Waals surface area (Å²) < 4.78 is 7.80. The van der Waals surface area contributed by atoms with E-state index in [9.17, 15) is 9.59 Å². The van der Waals surface area contributed by atoms with Gasteiger partial charge in [0, 0.05) is 65.9 Å². The van der Waals surface area contributed by atoms with Crippen LogP contribution in [-0.4, -0.2) is 53.2 Å². The van der Waals surface area contributed by atoms with Crippen LogP contribution in [0.2, 0.25) is 0 Å². The monoisotopic (exact) mass is 535 g/mol. The van der Waals surface area contributed by atoms with E-state index in [4.69, 9.17) is 9.57 Å². The van der Waals surface area contributed by atoms with E-state index >= 15 is 0 Å². The van der Waals surface area contributed by atoms with Gasteiger partial charge in [0.1, 0.15) is 0 Å². The molecule has 1 aliphatic rings. The third-order valence-corrected chi connectivity index (χ3v) is 7.41. The highest BCUT2D eigenvalue weighted by Gasteiger charge is 2.19. The van der Waals surface area contributed by atoms with Crippen LogP contribution >= 0.6 is 0 Å². The quantitative estimate of drug-likeness (QED) is 0.0908. The number of aromatic nitrogens is 1. The van der Waals surface area contributed by atoms with E-state index < -0.39 is 5.97 Å². The first-order valence-corrected chi connectivity index (χ1v) is 13.5. The Balaban J connectivity index is 1.60. The summed E-state index contributed by atoms with van der Waals surface area (Å²) in [6, 6.07) is 19.7. The molecule has 2 heterocycles. The molecule has 0 spiro atoms. The van der Waals surface area contributed by atoms with Crippen molar-refractivity contribution in [3.63, 3.8) is 0 Å². The van der Waals surface area contributed by atoms with Crippen LogP contribution in [0.3, 0.4) is 0 Å². The maximum Gasteiger partial charge on any atom is 0.331 e. The molecule has 0 atom stereocenters. The van der Waals surface area contributed by atoms with E-state index in [0.717, 1.165) is 64.7 Å². The number of morpholine rings is 1. The lowest BCUT2D eigenvalue weighted by molar-refractivity contribution is -0.140. The number of benzene rings is 3. The third kappa shape index (κ3) is 5.48. The van der Waals surface area contributed by atoms with Gasteiger partial charge in [-0.05, 0) is 55.3 Å². The van der Waals surface area contributed by atoms with Crippen LogP contribution in [0.15, 0.2) is 83.8 Å². The van der Waals surface area contributed by atoms with Gasteiger partial charge in [-0.1, -0.05) is 42.1 Å². The van der Waals surface area contributed by atoms with Gasteiger partial charge in [0.25, 0.3) is 0 Å². The molecule has 1 aliphatic heterocycles. The number of allylic oxidation sites excluding steroid dienone is 1. The molecule has 1 saturated heterocycles. The SMILES string of the molecule is C=C=C(CCn1c2ccc(C(=O)c3ccccc3C)cc2c2cc(/C(C)=N\OC(C)=O)ccc21)N1CCOCC1. The Labute approximate surface area is 234 Å². The zero-order valence-corrected chi connectivity index (χ0v) is 23.2. The highest BCUT2D eigenvalue weighted by molar-refractivity contribution is 6.16. The second-order valence-electron chi connectivity index (χ2n) is 9.99. The minimum absolute atomic E-state index is 0.00569. The number of nitrogens with zero attached hydrogens (tertiary/aromatic N) is 3. The fraction of sp³-hybridized carbons (Fsp3) is 0.273. The lowest BCUT2D eigenvalue weighted by atomic mass is 9.97. The summed E-state index contributed by atoms with van der Waals surface area (Å²) in [5, 5.41) is 5.96. The third-order valence-electron chi connectivity index (χ3n) is 7.41. The van der Waals surface area contributed by atoms with Crippen LogP contribution in [0.25, 0.3) is 21.8 Å². The fourth-order valence-corrected chi connectivity index (χ4v) is 5.29. The minimum Gasteiger partial charge on any atom is -0.378 e. The first-order chi connectivity index (χ1) is 19.4. The number of carbonyl (C=O) groups is 2. The topological polar surface area (TPSA) is 73.1 Å². The molecule has 0 bridgehead atoms. The predicted molar refractivity (Wildman–Crippen MR) is 158 cm³/mol. The van der Waals surface area contributed by atoms with Crippen LogP contribution in [0.5, 0.6) is 0 Å². The summed E-state index contributed by atoms with van der Waals surface area (Å²) in [6.07, 6.45) is 0.765. The molecule has 4 aromatic rings. The molecule has 7 heteroatoms. The zero-order chi connectivity index (χ0) is 28.2. The summed E-state index contributed by atoms with van der Waals surface area (Å²) in [6.45, 7) is 12.8. The van der Waals surface area contributed by atoms with Crippen molar-refractivity contribution in [2.24, 2.45) is 5.16 Å². The number of fused-ring (bicyclic) bond motifs is 3. The van der Waals surface area contributed by atoms with Crippen molar-refractivity contribution in [2.45, 2.75) is 33.7 Å². The maximum atomic E-state index is 13.5. The fourth-order valence-electron chi connectivity index (χ4n) is 5.29. The van der Waals surface area contributed by atoms with Gasteiger partial charge >= 0.3 is 5.97 Å². The first-order valence-electron chi connectivity index (χ1n) is 13.5. The second-order valence-corrected chi connectivity index (χ2v) is 9.99. The molecule has 0 aliphatic carbocycles. The second kappa shape index (κ2) is 11.7. The van der Waals surface area contributed by atoms with Crippen molar-refractivity contribution in [1.82, 2.24) is 9.47 Å². The van der Waals surface area contributed by atoms with Gasteiger partial charge in [0.2, 0.25) is 0 Å². The Hall–Kier alpha value is -4.45. The molecular formula is C33H33N3O4. The number of aryl methyl sites for hydroxylation is 2. The largest absolute Gasteiger partial charge is 0.378 e. The van der Waals surface area contributed by atoms with Crippen molar-refractivity contribution in [1.29, 1.82) is 0 Å². The molecule has 1 aromatic heterocycles. The van der Waals surface area contributed by atoms with Gasteiger partial charge in [-0.3, -0.25) is 4.79 Å². The Bertz CT molecular complexity index is 1680. The highest BCUT2D eigenvalue weighted by atomic mass is 16.7. The molecule has 0 saturated carbocycles. The van der Waals surface area contributed by atoms with Gasteiger partial charge in [-0.2, -0.15) is 0 Å². The van der Waals surface area contributed by atoms with Crippen molar-refractivity contribution in [2.75, 3.05) is 26.3 Å². The van der Waals surface area contributed by atoms with Gasteiger partial charge < -0.3 is 19.0 Å². The average Bonchev–Trinajstić information content (AvgIpc) is 3.28. The van der Waals surface area contributed by atoms with Gasteiger partial charge in [0.15, 0.2) is 5.78 Å². The van der Waals surface area contributed by atoms with E-state index in [2.05, 4.69) is 33.0 Å². The average molecular weight is 536 g/mol. The molecular weight excluding hydrogens is 502 g/mol. The van der Waals surface area contributed by atoms with Gasteiger partial charge in [-0.15, -0.1) is 5.73 Å². The summed E-state index contributed by atoms with van der Waals surface area (Å²) in [5.41, 5.74) is 10.0. The summed E-state index contributed by atoms with van der Waals surface area (Å²) in [4.78, 5) is 32.0. The van der Waals surface area contributed by atoms with E-state index in [1.54, 1.807) is 6.92 Å². The number of ketones is 1. The molecule has 7 nitrogen and oxygen atoms in total. The summed E-state index contributed by atoms with van der Waals surface area (Å²) in [5.74, 6) is -0.475. The Kier molecular flexibility index (Phi) is 7.96. The first kappa shape index (κ1) is 27.1. The summed E-state index contributed by atoms with van der Waals surface area (Å²) in [7, 11) is 0. The molecule has 40 heavy (non-hydrogen) atoms. The van der Waals surface area contributed by atoms with Gasteiger partial charge in [0.05, 0.1) is 24.6 Å². The van der Waals surface area contributed by atoms with Crippen LogP contribution in [0.1, 0.15) is 47.3 Å². The number of hydrogen-bond acceptors (Lipinski definition) is 6. The number of hydrogen-bond donors (Lipinski definition) is 0. The smallest absolute Gasteiger partial charge is 0.331 e. The van der Waals surface area contributed by atoms with Crippen LogP contribution < -0.4 is 0 Å². The van der Waals surface area contributed by atoms with Crippen molar-refractivity contribution in [3.05, 3.63) is 101 Å².